The zero-order valence-corrected chi connectivity index (χ0v) is 15.0. The monoisotopic (exact) mass is 383 g/mol. The fraction of sp³-hybridized carbons (Fsp3) is 0.211. The van der Waals surface area contributed by atoms with E-state index < -0.39 is 5.97 Å². The Kier molecular flexibility index (Phi) is 4.48. The second kappa shape index (κ2) is 7.10. The van der Waals surface area contributed by atoms with Crippen molar-refractivity contribution in [3.8, 4) is 22.9 Å². The van der Waals surface area contributed by atoms with Gasteiger partial charge in [0.25, 0.3) is 0 Å². The molecule has 0 atom stereocenters. The Morgan fingerprint density at radius 3 is 2.82 bits per heavy atom. The molecule has 0 spiro atoms. The maximum absolute atomic E-state index is 11.6. The molecule has 0 unspecified atom stereocenters. The number of phenols is 1. The van der Waals surface area contributed by atoms with Crippen LogP contribution in [0, 0.1) is 0 Å². The number of fused-ring (bicyclic) bond motifs is 2. The van der Waals surface area contributed by atoms with Crippen LogP contribution in [0.3, 0.4) is 0 Å². The fourth-order valence-corrected chi connectivity index (χ4v) is 3.00. The fourth-order valence-electron chi connectivity index (χ4n) is 3.00. The van der Waals surface area contributed by atoms with E-state index in [9.17, 15) is 15.0 Å². The van der Waals surface area contributed by atoms with Gasteiger partial charge < -0.3 is 24.4 Å². The zero-order chi connectivity index (χ0) is 19.7. The maximum Gasteiger partial charge on any atom is 0.336 e. The van der Waals surface area contributed by atoms with Crippen LogP contribution in [0.25, 0.3) is 16.7 Å². The van der Waals surface area contributed by atoms with Crippen LogP contribution in [0.1, 0.15) is 22.8 Å². The number of benzene rings is 2. The smallest absolute Gasteiger partial charge is 0.336 e. The topological polar surface area (TPSA) is 116 Å². The summed E-state index contributed by atoms with van der Waals surface area (Å²) in [6.07, 6.45) is 3.63. The Hall–Kier alpha value is -3.75. The lowest BCUT2D eigenvalue weighted by atomic mass is 10.0. The third kappa shape index (κ3) is 3.07. The Morgan fingerprint density at radius 2 is 2.07 bits per heavy atom. The molecule has 9 nitrogen and oxygen atoms in total. The lowest BCUT2D eigenvalue weighted by Crippen LogP contribution is -2.06. The average Bonchev–Trinajstić information content (AvgIpc) is 3.30. The van der Waals surface area contributed by atoms with Crippen molar-refractivity contribution < 1.29 is 29.2 Å². The minimum absolute atomic E-state index is 0.0745. The Bertz CT molecular complexity index is 1090. The third-order valence-electron chi connectivity index (χ3n) is 4.28. The van der Waals surface area contributed by atoms with Crippen molar-refractivity contribution in [2.75, 3.05) is 13.4 Å². The van der Waals surface area contributed by atoms with Crippen LogP contribution in [0.4, 0.5) is 0 Å². The number of carboxylic acids is 1. The molecule has 1 aliphatic heterocycles. The molecule has 144 valence electrons. The van der Waals surface area contributed by atoms with Gasteiger partial charge in [-0.3, -0.25) is 0 Å². The van der Waals surface area contributed by atoms with Gasteiger partial charge in [-0.15, -0.1) is 15.0 Å². The highest BCUT2D eigenvalue weighted by Crippen LogP contribution is 2.39. The number of aromatic carboxylic acids is 1. The minimum atomic E-state index is -1.05. The molecule has 3 aromatic rings. The number of phenolic OH excluding ortho intramolecular Hbond substituents is 1. The Morgan fingerprint density at radius 1 is 1.29 bits per heavy atom. The molecule has 2 N–H and O–H groups in total. The van der Waals surface area contributed by atoms with Gasteiger partial charge in [0.15, 0.2) is 11.5 Å². The zero-order valence-electron chi connectivity index (χ0n) is 15.0. The Labute approximate surface area is 159 Å². The van der Waals surface area contributed by atoms with Crippen LogP contribution >= 0.6 is 0 Å². The molecular formula is C19H17N3O6. The van der Waals surface area contributed by atoms with Crippen LogP contribution in [-0.4, -0.2) is 44.6 Å². The molecule has 0 fully saturated rings. The summed E-state index contributed by atoms with van der Waals surface area (Å²) in [4.78, 5) is 12.9. The highest BCUT2D eigenvalue weighted by molar-refractivity contribution is 5.95. The standard InChI is InChI=1S/C19H17N3O6/c1-2-6-26-7-5-11-12(19(24)25)3-4-13-18(11)21-22(20-13)14-8-16-17(9-15(14)23)28-10-27-16/h2-4,6,8-9,23H,5,7,10H2,1H3,(H,24,25). The van der Waals surface area contributed by atoms with Gasteiger partial charge >= 0.3 is 5.97 Å². The number of ether oxygens (including phenoxy) is 3. The summed E-state index contributed by atoms with van der Waals surface area (Å²) < 4.78 is 15.9. The van der Waals surface area contributed by atoms with Gasteiger partial charge in [-0.2, -0.15) is 0 Å². The van der Waals surface area contributed by atoms with Crippen molar-refractivity contribution in [2.45, 2.75) is 13.3 Å². The van der Waals surface area contributed by atoms with Crippen LogP contribution in [0.15, 0.2) is 36.6 Å². The van der Waals surface area contributed by atoms with E-state index in [0.29, 0.717) is 46.8 Å². The number of nitrogens with zero attached hydrogens (tertiary/aromatic N) is 3. The first-order valence-corrected chi connectivity index (χ1v) is 8.56. The number of rotatable bonds is 6. The largest absolute Gasteiger partial charge is 0.505 e. The van der Waals surface area contributed by atoms with E-state index in [2.05, 4.69) is 10.2 Å². The molecule has 1 aromatic heterocycles. The maximum atomic E-state index is 11.6. The number of carboxylic acid groups (broad SMARTS) is 1. The summed E-state index contributed by atoms with van der Waals surface area (Å²) in [6, 6.07) is 6.08. The molecule has 0 saturated carbocycles. The second-order valence-corrected chi connectivity index (χ2v) is 6.04. The molecule has 0 bridgehead atoms. The van der Waals surface area contributed by atoms with E-state index in [1.165, 1.54) is 16.9 Å². The number of aromatic nitrogens is 3. The van der Waals surface area contributed by atoms with E-state index in [-0.39, 0.29) is 18.1 Å². The van der Waals surface area contributed by atoms with Gasteiger partial charge in [0.05, 0.1) is 18.4 Å². The first-order chi connectivity index (χ1) is 13.6. The summed E-state index contributed by atoms with van der Waals surface area (Å²) in [7, 11) is 0. The number of hydrogen-bond acceptors (Lipinski definition) is 7. The van der Waals surface area contributed by atoms with E-state index in [1.54, 1.807) is 24.5 Å². The van der Waals surface area contributed by atoms with Crippen molar-refractivity contribution in [3.63, 3.8) is 0 Å². The quantitative estimate of drug-likeness (QED) is 0.493. The first-order valence-electron chi connectivity index (χ1n) is 8.56. The number of carbonyl (C=O) groups is 1. The molecule has 0 aliphatic carbocycles. The average molecular weight is 383 g/mol. The molecular weight excluding hydrogens is 366 g/mol. The third-order valence-corrected chi connectivity index (χ3v) is 4.28. The molecule has 0 amide bonds. The van der Waals surface area contributed by atoms with Crippen molar-refractivity contribution in [1.29, 1.82) is 0 Å². The molecule has 2 aromatic carbocycles. The summed E-state index contributed by atoms with van der Waals surface area (Å²) >= 11 is 0. The molecule has 28 heavy (non-hydrogen) atoms. The van der Waals surface area contributed by atoms with Crippen molar-refractivity contribution in [1.82, 2.24) is 15.0 Å². The summed E-state index contributed by atoms with van der Waals surface area (Å²) in [5, 5.41) is 28.6. The van der Waals surface area contributed by atoms with Crippen molar-refractivity contribution in [2.24, 2.45) is 0 Å². The van der Waals surface area contributed by atoms with E-state index >= 15 is 0 Å². The van der Waals surface area contributed by atoms with E-state index in [1.807, 2.05) is 6.92 Å². The number of hydrogen-bond donors (Lipinski definition) is 2. The van der Waals surface area contributed by atoms with Crippen LogP contribution in [0.5, 0.6) is 17.2 Å². The van der Waals surface area contributed by atoms with Gasteiger partial charge in [-0.1, -0.05) is 6.08 Å². The van der Waals surface area contributed by atoms with Crippen LogP contribution < -0.4 is 9.47 Å². The van der Waals surface area contributed by atoms with E-state index in [4.69, 9.17) is 14.2 Å². The molecule has 2 heterocycles. The second-order valence-electron chi connectivity index (χ2n) is 6.04. The molecule has 0 saturated heterocycles. The van der Waals surface area contributed by atoms with Crippen molar-refractivity contribution in [3.05, 3.63) is 47.7 Å². The molecule has 9 heteroatoms. The lowest BCUT2D eigenvalue weighted by Gasteiger charge is -2.06. The lowest BCUT2D eigenvalue weighted by molar-refractivity contribution is 0.0695. The summed E-state index contributed by atoms with van der Waals surface area (Å²) in [6.45, 7) is 2.20. The van der Waals surface area contributed by atoms with Gasteiger partial charge in [-0.05, 0) is 24.6 Å². The van der Waals surface area contributed by atoms with Gasteiger partial charge in [-0.25, -0.2) is 4.79 Å². The summed E-state index contributed by atoms with van der Waals surface area (Å²) in [5.74, 6) is -0.224. The normalized spacial score (nSPS) is 12.8. The van der Waals surface area contributed by atoms with Crippen molar-refractivity contribution >= 4 is 17.0 Å². The highest BCUT2D eigenvalue weighted by Gasteiger charge is 2.21. The highest BCUT2D eigenvalue weighted by atomic mass is 16.7. The molecule has 1 aliphatic rings. The van der Waals surface area contributed by atoms with Crippen LogP contribution in [-0.2, 0) is 11.2 Å². The van der Waals surface area contributed by atoms with E-state index in [0.717, 1.165) is 0 Å². The first kappa shape index (κ1) is 17.7. The van der Waals surface area contributed by atoms with Crippen LogP contribution in [0.2, 0.25) is 0 Å². The molecule has 4 rings (SSSR count). The van der Waals surface area contributed by atoms with Gasteiger partial charge in [0.2, 0.25) is 6.79 Å². The predicted molar refractivity (Wildman–Crippen MR) is 98.1 cm³/mol. The number of allylic oxidation sites excluding steroid dienone is 1. The summed E-state index contributed by atoms with van der Waals surface area (Å²) in [5.41, 5.74) is 1.89. The SMILES string of the molecule is CC=COCCc1c(C(=O)O)ccc2nn(-c3cc4c(cc3O)OCO4)nc12. The van der Waals surface area contributed by atoms with Gasteiger partial charge in [0, 0.05) is 18.6 Å². The predicted octanol–water partition coefficient (Wildman–Crippen LogP) is 2.65. The Balaban J connectivity index is 1.79. The minimum Gasteiger partial charge on any atom is -0.505 e. The van der Waals surface area contributed by atoms with Gasteiger partial charge in [0.1, 0.15) is 22.5 Å². The number of aromatic hydroxyl groups is 1. The molecule has 0 radical (unpaired) electrons.